The lowest BCUT2D eigenvalue weighted by Crippen LogP contribution is -2.31. The van der Waals surface area contributed by atoms with Gasteiger partial charge in [-0.3, -0.25) is 10.4 Å². The highest BCUT2D eigenvalue weighted by molar-refractivity contribution is 6.16. The van der Waals surface area contributed by atoms with Crippen LogP contribution in [0.2, 0.25) is 0 Å². The van der Waals surface area contributed by atoms with Gasteiger partial charge in [0.1, 0.15) is 11.4 Å². The minimum Gasteiger partial charge on any atom is -0.484 e. The Bertz CT molecular complexity index is 861. The first-order valence-electron chi connectivity index (χ1n) is 8.98. The Morgan fingerprint density at radius 3 is 2.54 bits per heavy atom. The molecule has 152 valence electrons. The second kappa shape index (κ2) is 7.03. The van der Waals surface area contributed by atoms with Crippen LogP contribution in [0.25, 0.3) is 0 Å². The van der Waals surface area contributed by atoms with Crippen molar-refractivity contribution in [3.63, 3.8) is 0 Å². The molecule has 2 fully saturated rings. The van der Waals surface area contributed by atoms with Crippen LogP contribution < -0.4 is 16.2 Å². The predicted octanol–water partition coefficient (Wildman–Crippen LogP) is 2.92. The SMILES string of the molecule is CN=C(C=C(N)C(=N)c1cc(OC2(C)CC2)c(F)cc1N)N1CCC(F)(F)C1. The number of anilines is 1. The lowest BCUT2D eigenvalue weighted by molar-refractivity contribution is 0.0176. The van der Waals surface area contributed by atoms with Crippen molar-refractivity contribution in [2.75, 3.05) is 25.9 Å². The number of nitrogens with zero attached hydrogens (tertiary/aromatic N) is 2. The highest BCUT2D eigenvalue weighted by atomic mass is 19.3. The van der Waals surface area contributed by atoms with Gasteiger partial charge in [0.05, 0.1) is 18.0 Å². The molecule has 1 saturated heterocycles. The van der Waals surface area contributed by atoms with Gasteiger partial charge in [-0.05, 0) is 25.8 Å². The number of allylic oxidation sites excluding steroid dienone is 1. The number of benzene rings is 1. The topological polar surface area (TPSA) is 101 Å². The fourth-order valence-electron chi connectivity index (χ4n) is 3.00. The van der Waals surface area contributed by atoms with Crippen LogP contribution in [0.15, 0.2) is 28.9 Å². The molecule has 1 aliphatic heterocycles. The van der Waals surface area contributed by atoms with E-state index in [4.69, 9.17) is 21.6 Å². The van der Waals surface area contributed by atoms with Crippen LogP contribution in [0.4, 0.5) is 18.9 Å². The van der Waals surface area contributed by atoms with Crippen LogP contribution in [0.1, 0.15) is 31.7 Å². The molecular formula is C19H24F3N5O. The molecule has 6 nitrogen and oxygen atoms in total. The van der Waals surface area contributed by atoms with Gasteiger partial charge in [0.2, 0.25) is 0 Å². The molecule has 1 aromatic carbocycles. The molecule has 2 aliphatic rings. The number of hydrogen-bond donors (Lipinski definition) is 3. The van der Waals surface area contributed by atoms with E-state index in [1.807, 2.05) is 6.92 Å². The van der Waals surface area contributed by atoms with Crippen molar-refractivity contribution < 1.29 is 17.9 Å². The lowest BCUT2D eigenvalue weighted by Gasteiger charge is -2.19. The van der Waals surface area contributed by atoms with E-state index in [2.05, 4.69) is 4.99 Å². The molecule has 0 amide bonds. The number of nitrogens with two attached hydrogens (primary N) is 2. The molecule has 0 aromatic heterocycles. The van der Waals surface area contributed by atoms with E-state index in [0.29, 0.717) is 0 Å². The van der Waals surface area contributed by atoms with E-state index in [0.717, 1.165) is 18.9 Å². The monoisotopic (exact) mass is 395 g/mol. The first-order chi connectivity index (χ1) is 13.0. The summed E-state index contributed by atoms with van der Waals surface area (Å²) >= 11 is 0. The summed E-state index contributed by atoms with van der Waals surface area (Å²) in [5.41, 5.74) is 11.5. The van der Waals surface area contributed by atoms with Gasteiger partial charge in [-0.1, -0.05) is 0 Å². The number of alkyl halides is 2. The molecule has 0 radical (unpaired) electrons. The van der Waals surface area contributed by atoms with E-state index >= 15 is 0 Å². The van der Waals surface area contributed by atoms with Crippen molar-refractivity contribution in [3.05, 3.63) is 35.3 Å². The number of rotatable bonds is 5. The lowest BCUT2D eigenvalue weighted by atomic mass is 10.0. The molecular weight excluding hydrogens is 371 g/mol. The minimum atomic E-state index is -2.78. The Kier molecular flexibility index (Phi) is 5.03. The molecule has 3 rings (SSSR count). The molecule has 5 N–H and O–H groups in total. The first kappa shape index (κ1) is 20.0. The summed E-state index contributed by atoms with van der Waals surface area (Å²) in [6.45, 7) is 1.57. The summed E-state index contributed by atoms with van der Waals surface area (Å²) < 4.78 is 46.8. The molecule has 28 heavy (non-hydrogen) atoms. The van der Waals surface area contributed by atoms with Crippen LogP contribution in [0, 0.1) is 11.2 Å². The maximum Gasteiger partial charge on any atom is 0.266 e. The second-order valence-corrected chi connectivity index (χ2v) is 7.51. The van der Waals surface area contributed by atoms with Gasteiger partial charge in [0.15, 0.2) is 11.6 Å². The Balaban J connectivity index is 1.84. The van der Waals surface area contributed by atoms with Crippen molar-refractivity contribution in [3.8, 4) is 5.75 Å². The van der Waals surface area contributed by atoms with Gasteiger partial charge in [-0.15, -0.1) is 0 Å². The van der Waals surface area contributed by atoms with Gasteiger partial charge in [-0.2, -0.15) is 0 Å². The van der Waals surface area contributed by atoms with E-state index in [1.165, 1.54) is 24.1 Å². The zero-order chi connectivity index (χ0) is 20.7. The quantitative estimate of drug-likeness (QED) is 0.405. The summed E-state index contributed by atoms with van der Waals surface area (Å²) in [4.78, 5) is 5.42. The highest BCUT2D eigenvalue weighted by Crippen LogP contribution is 2.41. The van der Waals surface area contributed by atoms with Gasteiger partial charge in [0.25, 0.3) is 5.92 Å². The number of ether oxygens (including phenoxy) is 1. The fourth-order valence-corrected chi connectivity index (χ4v) is 3.00. The average molecular weight is 395 g/mol. The predicted molar refractivity (Wildman–Crippen MR) is 103 cm³/mol. The average Bonchev–Trinajstić information content (AvgIpc) is 3.23. The van der Waals surface area contributed by atoms with Gasteiger partial charge in [0, 0.05) is 43.4 Å². The normalized spacial score (nSPS) is 21.0. The van der Waals surface area contributed by atoms with Crippen molar-refractivity contribution in [1.29, 1.82) is 5.41 Å². The summed E-state index contributed by atoms with van der Waals surface area (Å²) in [6, 6.07) is 2.44. The largest absolute Gasteiger partial charge is 0.484 e. The van der Waals surface area contributed by atoms with Crippen LogP contribution in [0.3, 0.4) is 0 Å². The van der Waals surface area contributed by atoms with Crippen molar-refractivity contribution in [1.82, 2.24) is 4.90 Å². The number of aliphatic imine (C=N–C) groups is 1. The van der Waals surface area contributed by atoms with Gasteiger partial charge < -0.3 is 21.1 Å². The summed E-state index contributed by atoms with van der Waals surface area (Å²) in [5.74, 6) is -3.13. The molecule has 0 spiro atoms. The van der Waals surface area contributed by atoms with Crippen LogP contribution >= 0.6 is 0 Å². The van der Waals surface area contributed by atoms with Crippen LogP contribution in [-0.2, 0) is 0 Å². The summed E-state index contributed by atoms with van der Waals surface area (Å²) in [6.07, 6.45) is 2.74. The van der Waals surface area contributed by atoms with Crippen molar-refractivity contribution in [2.24, 2.45) is 10.7 Å². The molecule has 0 atom stereocenters. The van der Waals surface area contributed by atoms with E-state index in [9.17, 15) is 13.2 Å². The fraction of sp³-hybridized carbons (Fsp3) is 0.474. The van der Waals surface area contributed by atoms with Gasteiger partial charge >= 0.3 is 0 Å². The second-order valence-electron chi connectivity index (χ2n) is 7.51. The molecule has 1 heterocycles. The molecule has 0 unspecified atom stereocenters. The minimum absolute atomic E-state index is 0.00492. The van der Waals surface area contributed by atoms with E-state index in [-0.39, 0.29) is 47.2 Å². The number of halogens is 3. The third-order valence-corrected chi connectivity index (χ3v) is 4.98. The Morgan fingerprint density at radius 2 is 2.00 bits per heavy atom. The molecule has 1 saturated carbocycles. The summed E-state index contributed by atoms with van der Waals surface area (Å²) in [7, 11) is 1.47. The maximum atomic E-state index is 14.2. The number of likely N-dealkylation sites (tertiary alicyclic amines) is 1. The number of hydrogen-bond acceptors (Lipinski definition) is 5. The molecule has 9 heteroatoms. The zero-order valence-electron chi connectivity index (χ0n) is 15.9. The Morgan fingerprint density at radius 1 is 1.32 bits per heavy atom. The van der Waals surface area contributed by atoms with Gasteiger partial charge in [-0.25, -0.2) is 13.2 Å². The van der Waals surface area contributed by atoms with Crippen molar-refractivity contribution >= 4 is 17.2 Å². The standard InChI is InChI=1S/C19H24F3N5O/c1-18(3-4-18)28-15-7-11(13(23)8-12(15)20)17(25)14(24)9-16(26-2)27-6-5-19(21,22)10-27/h7-9,25H,3-6,10,23-24H2,1-2H3. The molecule has 1 aromatic rings. The molecule has 1 aliphatic carbocycles. The molecule has 0 bridgehead atoms. The van der Waals surface area contributed by atoms with Crippen LogP contribution in [0.5, 0.6) is 5.75 Å². The first-order valence-corrected chi connectivity index (χ1v) is 8.98. The smallest absolute Gasteiger partial charge is 0.266 e. The van der Waals surface area contributed by atoms with E-state index < -0.39 is 23.9 Å². The van der Waals surface area contributed by atoms with Crippen molar-refractivity contribution in [2.45, 2.75) is 37.7 Å². The zero-order valence-corrected chi connectivity index (χ0v) is 15.9. The summed E-state index contributed by atoms with van der Waals surface area (Å²) in [5, 5.41) is 8.33. The number of amidine groups is 1. The van der Waals surface area contributed by atoms with E-state index in [1.54, 1.807) is 0 Å². The van der Waals surface area contributed by atoms with Crippen LogP contribution in [-0.4, -0.2) is 48.1 Å². The Hall–Kier alpha value is -2.71. The number of nitrogens with one attached hydrogen (secondary N) is 1. The third-order valence-electron chi connectivity index (χ3n) is 4.98. The maximum absolute atomic E-state index is 14.2. The Labute approximate surface area is 161 Å². The highest BCUT2D eigenvalue weighted by Gasteiger charge is 2.41. The number of nitrogen functional groups attached to an aromatic ring is 1. The third kappa shape index (κ3) is 4.23.